The second-order valence-electron chi connectivity index (χ2n) is 4.02. The van der Waals surface area contributed by atoms with Gasteiger partial charge in [0.25, 0.3) is 0 Å². The molecular weight excluding hydrogens is 238 g/mol. The number of hydrogen-bond donors (Lipinski definition) is 0. The first-order valence-corrected chi connectivity index (χ1v) is 6.17. The fourth-order valence-electron chi connectivity index (χ4n) is 1.75. The van der Waals surface area contributed by atoms with Gasteiger partial charge in [0.1, 0.15) is 0 Å². The highest BCUT2D eigenvalue weighted by Gasteiger charge is 2.14. The van der Waals surface area contributed by atoms with Gasteiger partial charge in [0.05, 0.1) is 17.3 Å². The average Bonchev–Trinajstić information content (AvgIpc) is 2.38. The normalized spacial score (nSPS) is 20.2. The summed E-state index contributed by atoms with van der Waals surface area (Å²) in [4.78, 5) is 4.19. The van der Waals surface area contributed by atoms with E-state index in [1.165, 1.54) is 6.42 Å². The van der Waals surface area contributed by atoms with Gasteiger partial charge in [-0.05, 0) is 37.0 Å². The maximum atomic E-state index is 6.03. The van der Waals surface area contributed by atoms with Crippen LogP contribution in [0.4, 0.5) is 0 Å². The van der Waals surface area contributed by atoms with Crippen molar-refractivity contribution in [2.75, 3.05) is 6.61 Å². The number of rotatable bonds is 4. The standard InChI is InChI=1S/C13H16ClNO2/c1-2-12-11(14)7-10(8-15-12)9-17-13-5-3-4-6-16-13/h2,7-8,13H,1,3-6,9H2. The number of aromatic nitrogens is 1. The van der Waals surface area contributed by atoms with Crippen LogP contribution in [-0.2, 0) is 16.1 Å². The van der Waals surface area contributed by atoms with E-state index in [9.17, 15) is 0 Å². The van der Waals surface area contributed by atoms with Crippen molar-refractivity contribution in [2.45, 2.75) is 32.2 Å². The smallest absolute Gasteiger partial charge is 0.158 e. The van der Waals surface area contributed by atoms with Gasteiger partial charge in [0, 0.05) is 12.8 Å². The summed E-state index contributed by atoms with van der Waals surface area (Å²) < 4.78 is 11.1. The predicted molar refractivity (Wildman–Crippen MR) is 67.7 cm³/mol. The molecule has 92 valence electrons. The Kier molecular flexibility index (Phi) is 4.54. The maximum Gasteiger partial charge on any atom is 0.158 e. The molecule has 2 heterocycles. The number of nitrogens with zero attached hydrogens (tertiary/aromatic N) is 1. The number of halogens is 1. The van der Waals surface area contributed by atoms with E-state index in [2.05, 4.69) is 11.6 Å². The lowest BCUT2D eigenvalue weighted by Crippen LogP contribution is -2.22. The van der Waals surface area contributed by atoms with Gasteiger partial charge in [-0.2, -0.15) is 0 Å². The molecule has 17 heavy (non-hydrogen) atoms. The van der Waals surface area contributed by atoms with Crippen molar-refractivity contribution < 1.29 is 9.47 Å². The zero-order valence-electron chi connectivity index (χ0n) is 9.69. The van der Waals surface area contributed by atoms with Crippen molar-refractivity contribution in [3.63, 3.8) is 0 Å². The fraction of sp³-hybridized carbons (Fsp3) is 0.462. The number of pyridine rings is 1. The van der Waals surface area contributed by atoms with Crippen molar-refractivity contribution >= 4 is 17.7 Å². The van der Waals surface area contributed by atoms with E-state index in [0.717, 1.165) is 25.0 Å². The molecule has 1 saturated heterocycles. The predicted octanol–water partition coefficient (Wildman–Crippen LogP) is 3.42. The molecule has 0 N–H and O–H groups in total. The van der Waals surface area contributed by atoms with E-state index in [4.69, 9.17) is 21.1 Å². The van der Waals surface area contributed by atoms with Gasteiger partial charge in [-0.3, -0.25) is 4.98 Å². The topological polar surface area (TPSA) is 31.4 Å². The van der Waals surface area contributed by atoms with Gasteiger partial charge in [0.2, 0.25) is 0 Å². The summed E-state index contributed by atoms with van der Waals surface area (Å²) in [6.45, 7) is 4.91. The molecule has 0 aromatic carbocycles. The van der Waals surface area contributed by atoms with Gasteiger partial charge >= 0.3 is 0 Å². The second kappa shape index (κ2) is 6.15. The molecule has 1 fully saturated rings. The van der Waals surface area contributed by atoms with Crippen LogP contribution in [0.3, 0.4) is 0 Å². The Morgan fingerprint density at radius 1 is 1.59 bits per heavy atom. The Morgan fingerprint density at radius 3 is 3.12 bits per heavy atom. The van der Waals surface area contributed by atoms with Crippen molar-refractivity contribution in [3.8, 4) is 0 Å². The Bertz CT molecular complexity index is 389. The molecule has 1 aromatic rings. The third kappa shape index (κ3) is 3.53. The third-order valence-electron chi connectivity index (χ3n) is 2.69. The molecule has 0 saturated carbocycles. The summed E-state index contributed by atoms with van der Waals surface area (Å²) in [6.07, 6.45) is 6.57. The Morgan fingerprint density at radius 2 is 2.47 bits per heavy atom. The summed E-state index contributed by atoms with van der Waals surface area (Å²) >= 11 is 6.03. The Hall–Kier alpha value is -0.900. The molecule has 0 spiro atoms. The molecular formula is C13H16ClNO2. The largest absolute Gasteiger partial charge is 0.353 e. The molecule has 3 nitrogen and oxygen atoms in total. The van der Waals surface area contributed by atoms with Crippen LogP contribution in [0.1, 0.15) is 30.5 Å². The van der Waals surface area contributed by atoms with E-state index in [1.54, 1.807) is 12.3 Å². The first-order valence-electron chi connectivity index (χ1n) is 5.79. The first kappa shape index (κ1) is 12.6. The highest BCUT2D eigenvalue weighted by Crippen LogP contribution is 2.19. The van der Waals surface area contributed by atoms with Crippen LogP contribution < -0.4 is 0 Å². The molecule has 1 aliphatic heterocycles. The molecule has 0 amide bonds. The number of hydrogen-bond acceptors (Lipinski definition) is 3. The van der Waals surface area contributed by atoms with Gasteiger partial charge in [-0.1, -0.05) is 18.2 Å². The fourth-order valence-corrected chi connectivity index (χ4v) is 2.02. The highest BCUT2D eigenvalue weighted by molar-refractivity contribution is 6.31. The molecule has 1 aliphatic rings. The van der Waals surface area contributed by atoms with E-state index >= 15 is 0 Å². The SMILES string of the molecule is C=Cc1ncc(COC2CCCCO2)cc1Cl. The molecule has 1 aromatic heterocycles. The lowest BCUT2D eigenvalue weighted by Gasteiger charge is -2.22. The van der Waals surface area contributed by atoms with E-state index < -0.39 is 0 Å². The van der Waals surface area contributed by atoms with Crippen LogP contribution in [0.25, 0.3) is 6.08 Å². The van der Waals surface area contributed by atoms with Gasteiger partial charge < -0.3 is 9.47 Å². The molecule has 1 unspecified atom stereocenters. The van der Waals surface area contributed by atoms with Crippen molar-refractivity contribution in [2.24, 2.45) is 0 Å². The second-order valence-corrected chi connectivity index (χ2v) is 4.43. The number of ether oxygens (including phenoxy) is 2. The van der Waals surface area contributed by atoms with Crippen molar-refractivity contribution in [1.29, 1.82) is 0 Å². The molecule has 4 heteroatoms. The van der Waals surface area contributed by atoms with E-state index in [1.807, 2.05) is 6.07 Å². The van der Waals surface area contributed by atoms with Crippen molar-refractivity contribution in [3.05, 3.63) is 35.1 Å². The lowest BCUT2D eigenvalue weighted by molar-refractivity contribution is -0.168. The average molecular weight is 254 g/mol. The molecule has 2 rings (SSSR count). The van der Waals surface area contributed by atoms with Gasteiger partial charge in [0.15, 0.2) is 6.29 Å². The minimum absolute atomic E-state index is 0.0818. The lowest BCUT2D eigenvalue weighted by atomic mass is 10.2. The molecule has 0 aliphatic carbocycles. The van der Waals surface area contributed by atoms with Crippen molar-refractivity contribution in [1.82, 2.24) is 4.98 Å². The summed E-state index contributed by atoms with van der Waals surface area (Å²) in [5, 5.41) is 0.602. The van der Waals surface area contributed by atoms with Crippen LogP contribution in [0.15, 0.2) is 18.8 Å². The van der Waals surface area contributed by atoms with Crippen LogP contribution in [0.2, 0.25) is 5.02 Å². The zero-order valence-corrected chi connectivity index (χ0v) is 10.4. The molecule has 1 atom stereocenters. The van der Waals surface area contributed by atoms with E-state index in [-0.39, 0.29) is 6.29 Å². The van der Waals surface area contributed by atoms with Crippen LogP contribution in [0.5, 0.6) is 0 Å². The summed E-state index contributed by atoms with van der Waals surface area (Å²) in [5.74, 6) is 0. The maximum absolute atomic E-state index is 6.03. The highest BCUT2D eigenvalue weighted by atomic mass is 35.5. The zero-order chi connectivity index (χ0) is 12.1. The minimum Gasteiger partial charge on any atom is -0.353 e. The minimum atomic E-state index is -0.0818. The first-order chi connectivity index (χ1) is 8.29. The third-order valence-corrected chi connectivity index (χ3v) is 3.00. The molecule has 0 bridgehead atoms. The van der Waals surface area contributed by atoms with Crippen LogP contribution in [0, 0.1) is 0 Å². The molecule has 0 radical (unpaired) electrons. The summed E-state index contributed by atoms with van der Waals surface area (Å²) in [6, 6.07) is 1.86. The van der Waals surface area contributed by atoms with Gasteiger partial charge in [-0.15, -0.1) is 0 Å². The quantitative estimate of drug-likeness (QED) is 0.824. The monoisotopic (exact) mass is 253 g/mol. The Labute approximate surface area is 106 Å². The van der Waals surface area contributed by atoms with Gasteiger partial charge in [-0.25, -0.2) is 0 Å². The van der Waals surface area contributed by atoms with Crippen LogP contribution >= 0.6 is 11.6 Å². The van der Waals surface area contributed by atoms with Crippen LogP contribution in [-0.4, -0.2) is 17.9 Å². The Balaban J connectivity index is 1.90. The summed E-state index contributed by atoms with van der Waals surface area (Å²) in [7, 11) is 0. The summed E-state index contributed by atoms with van der Waals surface area (Å²) in [5.41, 5.74) is 1.65. The van der Waals surface area contributed by atoms with E-state index in [0.29, 0.717) is 17.3 Å².